The second-order valence-electron chi connectivity index (χ2n) is 7.69. The van der Waals surface area contributed by atoms with Gasteiger partial charge in [0.15, 0.2) is 5.84 Å². The summed E-state index contributed by atoms with van der Waals surface area (Å²) in [7, 11) is 1.49. The molecule has 184 valence electrons. The van der Waals surface area contributed by atoms with Gasteiger partial charge in [0, 0.05) is 29.9 Å². The van der Waals surface area contributed by atoms with Crippen LogP contribution < -0.4 is 26.0 Å². The molecule has 5 N–H and O–H groups in total. The van der Waals surface area contributed by atoms with Crippen LogP contribution in [-0.2, 0) is 19.1 Å². The van der Waals surface area contributed by atoms with Crippen LogP contribution in [0.25, 0.3) is 0 Å². The van der Waals surface area contributed by atoms with E-state index in [9.17, 15) is 19.2 Å². The summed E-state index contributed by atoms with van der Waals surface area (Å²) in [5.74, 6) is -2.43. The molecular weight excluding hydrogens is 458 g/mol. The fraction of sp³-hybridized carbons (Fsp3) is 0.261. The fourth-order valence-corrected chi connectivity index (χ4v) is 3.37. The average Bonchev–Trinajstić information content (AvgIpc) is 2.85. The molecule has 0 aliphatic carbocycles. The first kappa shape index (κ1) is 25.0. The number of carbonyl (C=O) groups excluding carboxylic acids is 4. The number of carbonyl (C=O) groups is 4. The molecule has 0 saturated heterocycles. The van der Waals surface area contributed by atoms with E-state index < -0.39 is 35.8 Å². The Balaban J connectivity index is 1.78. The van der Waals surface area contributed by atoms with E-state index >= 15 is 0 Å². The third-order valence-corrected chi connectivity index (χ3v) is 5.29. The number of nitrogens with zero attached hydrogens (tertiary/aromatic N) is 2. The zero-order valence-electron chi connectivity index (χ0n) is 19.3. The zero-order valence-corrected chi connectivity index (χ0v) is 19.3. The lowest BCUT2D eigenvalue weighted by Gasteiger charge is -2.38. The minimum absolute atomic E-state index is 0.0863. The van der Waals surface area contributed by atoms with Crippen molar-refractivity contribution >= 4 is 40.9 Å². The molecule has 1 heterocycles. The number of oxime groups is 1. The van der Waals surface area contributed by atoms with E-state index in [1.54, 1.807) is 19.1 Å². The lowest BCUT2D eigenvalue weighted by molar-refractivity contribution is -0.151. The number of amidine groups is 1. The van der Waals surface area contributed by atoms with Crippen molar-refractivity contribution in [3.63, 3.8) is 0 Å². The molecule has 2 aromatic rings. The second kappa shape index (κ2) is 10.1. The van der Waals surface area contributed by atoms with E-state index in [2.05, 4.69) is 15.8 Å². The maximum atomic E-state index is 12.9. The van der Waals surface area contributed by atoms with E-state index in [-0.39, 0.29) is 18.2 Å². The van der Waals surface area contributed by atoms with Gasteiger partial charge in [-0.1, -0.05) is 17.3 Å². The van der Waals surface area contributed by atoms with Gasteiger partial charge in [0.1, 0.15) is 12.3 Å². The van der Waals surface area contributed by atoms with Crippen LogP contribution in [0.5, 0.6) is 5.75 Å². The number of nitrogens with one attached hydrogen (secondary N) is 2. The molecule has 0 saturated carbocycles. The van der Waals surface area contributed by atoms with E-state index in [1.807, 2.05) is 0 Å². The molecule has 0 aromatic heterocycles. The van der Waals surface area contributed by atoms with E-state index in [4.69, 9.17) is 20.4 Å². The van der Waals surface area contributed by atoms with Crippen LogP contribution in [0.1, 0.15) is 29.8 Å². The molecule has 1 atom stereocenters. The third kappa shape index (κ3) is 5.16. The topological polar surface area (TPSA) is 173 Å². The lowest BCUT2D eigenvalue weighted by Crippen LogP contribution is -2.61. The van der Waals surface area contributed by atoms with Crippen LogP contribution in [-0.4, -0.2) is 60.5 Å². The van der Waals surface area contributed by atoms with Crippen LogP contribution in [0.15, 0.2) is 47.6 Å². The van der Waals surface area contributed by atoms with E-state index in [0.29, 0.717) is 22.5 Å². The van der Waals surface area contributed by atoms with Gasteiger partial charge in [0.2, 0.25) is 0 Å². The first-order valence-corrected chi connectivity index (χ1v) is 10.5. The standard InChI is InChI=1S/C23H25N5O7/c1-4-34-18(29)12-25-21(31)23(2)22(32)28(3)16-10-9-15(11-17(16)35-23)26-20(30)14-7-5-13(6-8-14)19(24)27-33/h5-11,33H,4,12H2,1-3H3,(H2,24,27)(H,25,31)(H,26,30). The van der Waals surface area contributed by atoms with Gasteiger partial charge < -0.3 is 35.9 Å². The van der Waals surface area contributed by atoms with Gasteiger partial charge in [-0.2, -0.15) is 0 Å². The SMILES string of the molecule is CCOC(=O)CNC(=O)C1(C)Oc2cc(NC(=O)c3ccc(/C(N)=N/O)cc3)ccc2N(C)C1=O. The van der Waals surface area contributed by atoms with E-state index in [1.165, 1.54) is 49.2 Å². The predicted molar refractivity (Wildman–Crippen MR) is 125 cm³/mol. The predicted octanol–water partition coefficient (Wildman–Crippen LogP) is 0.827. The van der Waals surface area contributed by atoms with Crippen molar-refractivity contribution in [1.82, 2.24) is 5.32 Å². The van der Waals surface area contributed by atoms with Crippen molar-refractivity contribution in [1.29, 1.82) is 0 Å². The number of likely N-dealkylation sites (N-methyl/N-ethyl adjacent to an activating group) is 1. The first-order chi connectivity index (χ1) is 16.6. The molecule has 3 amide bonds. The van der Waals surface area contributed by atoms with Crippen LogP contribution in [0.4, 0.5) is 11.4 Å². The summed E-state index contributed by atoms with van der Waals surface area (Å²) >= 11 is 0. The van der Waals surface area contributed by atoms with Gasteiger partial charge in [-0.3, -0.25) is 19.2 Å². The van der Waals surface area contributed by atoms with Gasteiger partial charge in [-0.15, -0.1) is 0 Å². The Morgan fingerprint density at radius 2 is 1.83 bits per heavy atom. The Kier molecular flexibility index (Phi) is 7.23. The van der Waals surface area contributed by atoms with Crippen molar-refractivity contribution < 1.29 is 33.9 Å². The van der Waals surface area contributed by atoms with Gasteiger partial charge >= 0.3 is 5.97 Å². The quantitative estimate of drug-likeness (QED) is 0.112. The number of amides is 3. The highest BCUT2D eigenvalue weighted by molar-refractivity contribution is 6.16. The highest BCUT2D eigenvalue weighted by Gasteiger charge is 2.49. The molecule has 3 rings (SSSR count). The molecule has 12 nitrogen and oxygen atoms in total. The smallest absolute Gasteiger partial charge is 0.325 e. The number of fused-ring (bicyclic) bond motifs is 1. The van der Waals surface area contributed by atoms with Crippen molar-refractivity contribution in [2.45, 2.75) is 19.4 Å². The number of esters is 1. The van der Waals surface area contributed by atoms with Gasteiger partial charge in [-0.25, -0.2) is 0 Å². The molecule has 2 aromatic carbocycles. The Hall–Kier alpha value is -4.61. The second-order valence-corrected chi connectivity index (χ2v) is 7.69. The van der Waals surface area contributed by atoms with Gasteiger partial charge in [0.25, 0.3) is 23.3 Å². The monoisotopic (exact) mass is 483 g/mol. The summed E-state index contributed by atoms with van der Waals surface area (Å²) in [6.07, 6.45) is 0. The minimum Gasteiger partial charge on any atom is -0.465 e. The fourth-order valence-electron chi connectivity index (χ4n) is 3.37. The largest absolute Gasteiger partial charge is 0.465 e. The number of ether oxygens (including phenoxy) is 2. The Morgan fingerprint density at radius 3 is 2.46 bits per heavy atom. The minimum atomic E-state index is -1.94. The molecule has 1 aliphatic heterocycles. The van der Waals surface area contributed by atoms with Crippen LogP contribution >= 0.6 is 0 Å². The molecule has 0 bridgehead atoms. The maximum Gasteiger partial charge on any atom is 0.325 e. The summed E-state index contributed by atoms with van der Waals surface area (Å²) in [6, 6.07) is 10.7. The van der Waals surface area contributed by atoms with Crippen molar-refractivity contribution in [2.24, 2.45) is 10.9 Å². The van der Waals surface area contributed by atoms with E-state index in [0.717, 1.165) is 0 Å². The third-order valence-electron chi connectivity index (χ3n) is 5.29. The number of anilines is 2. The van der Waals surface area contributed by atoms with Crippen molar-refractivity contribution in [3.05, 3.63) is 53.6 Å². The molecule has 0 radical (unpaired) electrons. The summed E-state index contributed by atoms with van der Waals surface area (Å²) < 4.78 is 10.6. The normalized spacial score (nSPS) is 17.2. The molecule has 0 fully saturated rings. The Labute approximate surface area is 200 Å². The molecule has 35 heavy (non-hydrogen) atoms. The highest BCUT2D eigenvalue weighted by Crippen LogP contribution is 2.39. The molecule has 1 aliphatic rings. The number of nitrogens with two attached hydrogens (primary N) is 1. The summed E-state index contributed by atoms with van der Waals surface area (Å²) in [6.45, 7) is 2.67. The number of hydrogen-bond acceptors (Lipinski definition) is 8. The van der Waals surface area contributed by atoms with Crippen LogP contribution in [0.2, 0.25) is 0 Å². The summed E-state index contributed by atoms with van der Waals surface area (Å²) in [5, 5.41) is 16.7. The molecule has 12 heteroatoms. The molecule has 0 spiro atoms. The maximum absolute atomic E-state index is 12.9. The number of hydrogen-bond donors (Lipinski definition) is 4. The average molecular weight is 483 g/mol. The van der Waals surface area contributed by atoms with Crippen LogP contribution in [0, 0.1) is 0 Å². The van der Waals surface area contributed by atoms with Gasteiger partial charge in [-0.05, 0) is 38.1 Å². The molecule has 1 unspecified atom stereocenters. The summed E-state index contributed by atoms with van der Waals surface area (Å²) in [4.78, 5) is 51.1. The van der Waals surface area contributed by atoms with Crippen molar-refractivity contribution in [3.8, 4) is 5.75 Å². The van der Waals surface area contributed by atoms with Gasteiger partial charge in [0.05, 0.1) is 12.3 Å². The number of benzene rings is 2. The molecular formula is C23H25N5O7. The van der Waals surface area contributed by atoms with Crippen LogP contribution in [0.3, 0.4) is 0 Å². The Bertz CT molecular complexity index is 1200. The van der Waals surface area contributed by atoms with Crippen molar-refractivity contribution in [2.75, 3.05) is 30.4 Å². The zero-order chi connectivity index (χ0) is 25.8. The summed E-state index contributed by atoms with van der Waals surface area (Å²) in [5.41, 5.74) is 5.09. The highest BCUT2D eigenvalue weighted by atomic mass is 16.5. The first-order valence-electron chi connectivity index (χ1n) is 10.5. The number of rotatable bonds is 7. The Morgan fingerprint density at radius 1 is 1.17 bits per heavy atom. The lowest BCUT2D eigenvalue weighted by atomic mass is 10.00.